The summed E-state index contributed by atoms with van der Waals surface area (Å²) in [6, 6.07) is -0.610. The first kappa shape index (κ1) is 24.9. The fourth-order valence-electron chi connectivity index (χ4n) is 6.41. The summed E-state index contributed by atoms with van der Waals surface area (Å²) in [6.07, 6.45) is 17.1. The summed E-state index contributed by atoms with van der Waals surface area (Å²) in [5.41, 5.74) is 0. The van der Waals surface area contributed by atoms with Crippen molar-refractivity contribution in [1.29, 1.82) is 0 Å². The first-order valence-electron chi connectivity index (χ1n) is 13.7. The fraction of sp³-hybridized carbons (Fsp3) is 0.962. The Labute approximate surface area is 198 Å². The molecule has 0 amide bonds. The second-order valence-electron chi connectivity index (χ2n) is 11.0. The van der Waals surface area contributed by atoms with E-state index in [1.54, 1.807) is 0 Å². The van der Waals surface area contributed by atoms with Gasteiger partial charge in [-0.1, -0.05) is 38.5 Å². The van der Waals surface area contributed by atoms with Gasteiger partial charge in [0, 0.05) is 17.8 Å². The van der Waals surface area contributed by atoms with Crippen molar-refractivity contribution in [3.63, 3.8) is 0 Å². The van der Waals surface area contributed by atoms with E-state index in [0.717, 1.165) is 57.8 Å². The quantitative estimate of drug-likeness (QED) is 0.263. The Hall–Kier alpha value is -1.21. The number of carbonyl (C=O) groups is 1. The maximum atomic E-state index is 12.5. The van der Waals surface area contributed by atoms with E-state index in [0.29, 0.717) is 25.4 Å². The van der Waals surface area contributed by atoms with Gasteiger partial charge in [0.2, 0.25) is 6.04 Å². The SMILES string of the molecule is O=C(OCC1CCCCC1)C1CCC(OC2CCC([N+](=O)[O-])C(OC3CCCCC3)C2)CC1. The number of rotatable bonds is 8. The number of ether oxygens (including phenoxy) is 3. The van der Waals surface area contributed by atoms with Crippen LogP contribution in [0.2, 0.25) is 0 Å². The van der Waals surface area contributed by atoms with Crippen LogP contribution in [0.4, 0.5) is 0 Å². The first-order valence-corrected chi connectivity index (χ1v) is 13.7. The molecule has 4 aliphatic rings. The van der Waals surface area contributed by atoms with Crippen LogP contribution >= 0.6 is 0 Å². The van der Waals surface area contributed by atoms with Crippen molar-refractivity contribution in [2.75, 3.05) is 6.61 Å². The van der Waals surface area contributed by atoms with Gasteiger partial charge in [0.05, 0.1) is 30.8 Å². The van der Waals surface area contributed by atoms with Gasteiger partial charge in [-0.3, -0.25) is 14.9 Å². The van der Waals surface area contributed by atoms with Crippen LogP contribution < -0.4 is 0 Å². The van der Waals surface area contributed by atoms with Gasteiger partial charge < -0.3 is 14.2 Å². The van der Waals surface area contributed by atoms with Gasteiger partial charge in [-0.25, -0.2) is 0 Å². The van der Waals surface area contributed by atoms with E-state index in [-0.39, 0.29) is 41.2 Å². The second kappa shape index (κ2) is 12.5. The molecule has 3 unspecified atom stereocenters. The molecule has 0 N–H and O–H groups in total. The first-order chi connectivity index (χ1) is 16.1. The molecule has 4 fully saturated rings. The molecule has 0 saturated heterocycles. The van der Waals surface area contributed by atoms with Crippen molar-refractivity contribution in [2.24, 2.45) is 11.8 Å². The third-order valence-corrected chi connectivity index (χ3v) is 8.48. The lowest BCUT2D eigenvalue weighted by molar-refractivity contribution is -0.541. The molecule has 0 heterocycles. The molecule has 7 heteroatoms. The van der Waals surface area contributed by atoms with E-state index in [2.05, 4.69) is 0 Å². The highest BCUT2D eigenvalue weighted by Gasteiger charge is 2.41. The van der Waals surface area contributed by atoms with Crippen LogP contribution in [0.5, 0.6) is 0 Å². The molecule has 0 aromatic carbocycles. The lowest BCUT2D eigenvalue weighted by atomic mass is 9.86. The number of carbonyl (C=O) groups excluding carboxylic acids is 1. The molecule has 0 aliphatic heterocycles. The molecule has 7 nitrogen and oxygen atoms in total. The Morgan fingerprint density at radius 1 is 0.727 bits per heavy atom. The molecule has 0 radical (unpaired) electrons. The monoisotopic (exact) mass is 465 g/mol. The number of nitrogens with zero attached hydrogens (tertiary/aromatic N) is 1. The minimum absolute atomic E-state index is 0.000968. The number of hydrogen-bond donors (Lipinski definition) is 0. The van der Waals surface area contributed by atoms with Crippen LogP contribution in [0.1, 0.15) is 109 Å². The van der Waals surface area contributed by atoms with Crippen molar-refractivity contribution in [1.82, 2.24) is 0 Å². The predicted molar refractivity (Wildman–Crippen MR) is 125 cm³/mol. The minimum Gasteiger partial charge on any atom is -0.465 e. The molecular weight excluding hydrogens is 422 g/mol. The minimum atomic E-state index is -0.610. The van der Waals surface area contributed by atoms with E-state index in [9.17, 15) is 14.9 Å². The highest BCUT2D eigenvalue weighted by atomic mass is 16.6. The van der Waals surface area contributed by atoms with Crippen molar-refractivity contribution >= 4 is 5.97 Å². The van der Waals surface area contributed by atoms with E-state index in [4.69, 9.17) is 14.2 Å². The van der Waals surface area contributed by atoms with Crippen LogP contribution in [-0.2, 0) is 19.0 Å². The molecule has 4 saturated carbocycles. The van der Waals surface area contributed by atoms with E-state index < -0.39 is 6.04 Å². The average molecular weight is 466 g/mol. The standard InChI is InChI=1S/C26H43NO6/c28-26(31-18-19-7-3-1-4-8-19)20-11-13-22(14-12-20)32-23-15-16-24(27(29)30)25(17-23)33-21-9-5-2-6-10-21/h19-25H,1-18H2. The zero-order valence-corrected chi connectivity index (χ0v) is 20.2. The number of esters is 1. The van der Waals surface area contributed by atoms with Gasteiger partial charge in [0.15, 0.2) is 0 Å². The zero-order chi connectivity index (χ0) is 23.0. The number of hydrogen-bond acceptors (Lipinski definition) is 6. The van der Waals surface area contributed by atoms with Gasteiger partial charge in [-0.05, 0) is 63.7 Å². The number of nitro groups is 1. The molecule has 3 atom stereocenters. The van der Waals surface area contributed by atoms with Crippen molar-refractivity contribution in [3.05, 3.63) is 10.1 Å². The Kier molecular flexibility index (Phi) is 9.42. The Morgan fingerprint density at radius 3 is 2.00 bits per heavy atom. The average Bonchev–Trinajstić information content (AvgIpc) is 2.84. The van der Waals surface area contributed by atoms with Gasteiger partial charge in [0.1, 0.15) is 6.10 Å². The predicted octanol–water partition coefficient (Wildman–Crippen LogP) is 5.60. The summed E-state index contributed by atoms with van der Waals surface area (Å²) in [7, 11) is 0. The smallest absolute Gasteiger partial charge is 0.308 e. The lowest BCUT2D eigenvalue weighted by Gasteiger charge is -2.37. The summed E-state index contributed by atoms with van der Waals surface area (Å²) in [4.78, 5) is 24.0. The summed E-state index contributed by atoms with van der Waals surface area (Å²) < 4.78 is 18.3. The Bertz CT molecular complexity index is 622. The van der Waals surface area contributed by atoms with Crippen LogP contribution in [0.15, 0.2) is 0 Å². The van der Waals surface area contributed by atoms with Crippen LogP contribution in [0.25, 0.3) is 0 Å². The summed E-state index contributed by atoms with van der Waals surface area (Å²) >= 11 is 0. The van der Waals surface area contributed by atoms with E-state index >= 15 is 0 Å². The summed E-state index contributed by atoms with van der Waals surface area (Å²) in [5.74, 6) is 0.535. The van der Waals surface area contributed by atoms with Gasteiger partial charge in [0.25, 0.3) is 0 Å². The van der Waals surface area contributed by atoms with Gasteiger partial charge >= 0.3 is 5.97 Å². The van der Waals surface area contributed by atoms with E-state index in [1.807, 2.05) is 0 Å². The molecule has 0 aromatic heterocycles. The molecule has 0 spiro atoms. The zero-order valence-electron chi connectivity index (χ0n) is 20.2. The van der Waals surface area contributed by atoms with Crippen molar-refractivity contribution < 1.29 is 23.9 Å². The second-order valence-corrected chi connectivity index (χ2v) is 11.0. The normalized spacial score (nSPS) is 34.6. The molecule has 4 aliphatic carbocycles. The van der Waals surface area contributed by atoms with Crippen molar-refractivity contribution in [2.45, 2.75) is 140 Å². The largest absolute Gasteiger partial charge is 0.465 e. The molecular formula is C26H43NO6. The summed E-state index contributed by atoms with van der Waals surface area (Å²) in [6.45, 7) is 0.595. The third kappa shape index (κ3) is 7.38. The molecule has 188 valence electrons. The Morgan fingerprint density at radius 2 is 1.33 bits per heavy atom. The fourth-order valence-corrected chi connectivity index (χ4v) is 6.41. The van der Waals surface area contributed by atoms with Crippen LogP contribution in [0, 0.1) is 22.0 Å². The highest BCUT2D eigenvalue weighted by molar-refractivity contribution is 5.72. The summed E-state index contributed by atoms with van der Waals surface area (Å²) in [5, 5.41) is 11.6. The molecule has 4 rings (SSSR count). The molecule has 33 heavy (non-hydrogen) atoms. The maximum Gasteiger partial charge on any atom is 0.308 e. The molecule has 0 bridgehead atoms. The van der Waals surface area contributed by atoms with Gasteiger partial charge in [-0.15, -0.1) is 0 Å². The molecule has 0 aromatic rings. The van der Waals surface area contributed by atoms with E-state index in [1.165, 1.54) is 38.5 Å². The van der Waals surface area contributed by atoms with Crippen molar-refractivity contribution in [3.8, 4) is 0 Å². The van der Waals surface area contributed by atoms with Crippen LogP contribution in [0.3, 0.4) is 0 Å². The van der Waals surface area contributed by atoms with Gasteiger partial charge in [-0.2, -0.15) is 0 Å². The lowest BCUT2D eigenvalue weighted by Crippen LogP contribution is -2.46. The van der Waals surface area contributed by atoms with Crippen LogP contribution in [-0.4, -0.2) is 48.0 Å². The highest BCUT2D eigenvalue weighted by Crippen LogP contribution is 2.34. The third-order valence-electron chi connectivity index (χ3n) is 8.48. The topological polar surface area (TPSA) is 87.9 Å². The maximum absolute atomic E-state index is 12.5. The Balaban J connectivity index is 1.19.